The fourth-order valence-corrected chi connectivity index (χ4v) is 5.40. The molecule has 0 radical (unpaired) electrons. The van der Waals surface area contributed by atoms with E-state index in [1.165, 1.54) is 6.92 Å². The Morgan fingerprint density at radius 2 is 2.02 bits per heavy atom. The Morgan fingerprint density at radius 3 is 2.62 bits per heavy atom. The summed E-state index contributed by atoms with van der Waals surface area (Å²) in [6, 6.07) is -0.342. The molecule has 9 nitrogen and oxygen atoms in total. The molecule has 0 aliphatic carbocycles. The number of esters is 1. The summed E-state index contributed by atoms with van der Waals surface area (Å²) >= 11 is 0. The van der Waals surface area contributed by atoms with E-state index in [2.05, 4.69) is 0 Å². The highest BCUT2D eigenvalue weighted by Gasteiger charge is 2.47. The van der Waals surface area contributed by atoms with Crippen LogP contribution in [-0.4, -0.2) is 91.5 Å². The van der Waals surface area contributed by atoms with E-state index in [0.717, 1.165) is 5.57 Å². The van der Waals surface area contributed by atoms with E-state index in [1.807, 2.05) is 39.8 Å². The summed E-state index contributed by atoms with van der Waals surface area (Å²) in [5.74, 6) is -0.697. The Labute approximate surface area is 239 Å². The van der Waals surface area contributed by atoms with E-state index < -0.39 is 35.5 Å². The largest absolute Gasteiger partial charge is 0.455 e. The van der Waals surface area contributed by atoms with Crippen LogP contribution in [0.5, 0.6) is 0 Å². The molecule has 9 unspecified atom stereocenters. The summed E-state index contributed by atoms with van der Waals surface area (Å²) in [6.45, 7) is 12.7. The summed E-state index contributed by atoms with van der Waals surface area (Å²) in [5.41, 5.74) is -1.65. The minimum Gasteiger partial charge on any atom is -0.455 e. The van der Waals surface area contributed by atoms with E-state index in [-0.39, 0.29) is 49.3 Å². The molecule has 1 fully saturated rings. The molecule has 9 heteroatoms. The van der Waals surface area contributed by atoms with Gasteiger partial charge in [0.25, 0.3) is 0 Å². The van der Waals surface area contributed by atoms with Gasteiger partial charge >= 0.3 is 5.97 Å². The van der Waals surface area contributed by atoms with Crippen molar-refractivity contribution in [3.05, 3.63) is 36.0 Å². The van der Waals surface area contributed by atoms with Crippen LogP contribution in [-0.2, 0) is 19.1 Å². The van der Waals surface area contributed by atoms with Crippen LogP contribution in [0.15, 0.2) is 36.0 Å². The second-order valence-corrected chi connectivity index (χ2v) is 11.9. The SMILES string of the molecule is CCC(O)C(C)C1OC1CC(C)(O)/C=C/C=C(\C)C1C/C=C/C(OC(C)=O)C(C)(O)CCC(O)CC(=O)N1CC. The number of likely N-dealkylation sites (N-methyl/N-ethyl adjacent to an activating group) is 1. The lowest BCUT2D eigenvalue weighted by atomic mass is 9.89. The molecule has 1 amide bonds. The number of hydrogen-bond acceptors (Lipinski definition) is 8. The van der Waals surface area contributed by atoms with Crippen LogP contribution in [0.4, 0.5) is 0 Å². The number of hydrogen-bond donors (Lipinski definition) is 4. The Kier molecular flexibility index (Phi) is 12.6. The molecule has 2 heterocycles. The molecular weight excluding hydrogens is 514 g/mol. The Balaban J connectivity index is 2.23. The van der Waals surface area contributed by atoms with E-state index in [4.69, 9.17) is 9.47 Å². The van der Waals surface area contributed by atoms with Gasteiger partial charge in [0.05, 0.1) is 42.5 Å². The van der Waals surface area contributed by atoms with Gasteiger partial charge in [0, 0.05) is 25.8 Å². The van der Waals surface area contributed by atoms with Crippen molar-refractivity contribution in [1.82, 2.24) is 4.90 Å². The lowest BCUT2D eigenvalue weighted by molar-refractivity contribution is -0.156. The van der Waals surface area contributed by atoms with E-state index in [1.54, 1.807) is 37.0 Å². The van der Waals surface area contributed by atoms with Crippen LogP contribution in [0.1, 0.15) is 87.0 Å². The first-order chi connectivity index (χ1) is 18.6. The lowest BCUT2D eigenvalue weighted by Crippen LogP contribution is -2.44. The third-order valence-electron chi connectivity index (χ3n) is 8.13. The van der Waals surface area contributed by atoms with Crippen molar-refractivity contribution in [3.63, 3.8) is 0 Å². The molecule has 1 saturated heterocycles. The number of carbonyl (C=O) groups excluding carboxylic acids is 2. The van der Waals surface area contributed by atoms with Gasteiger partial charge in [-0.25, -0.2) is 0 Å². The number of amides is 1. The fourth-order valence-electron chi connectivity index (χ4n) is 5.40. The summed E-state index contributed by atoms with van der Waals surface area (Å²) in [4.78, 5) is 26.6. The van der Waals surface area contributed by atoms with Crippen LogP contribution < -0.4 is 0 Å². The van der Waals surface area contributed by atoms with Gasteiger partial charge in [-0.05, 0) is 59.5 Å². The topological polar surface area (TPSA) is 140 Å². The molecule has 40 heavy (non-hydrogen) atoms. The molecule has 4 N–H and O–H groups in total. The first kappa shape index (κ1) is 34.2. The molecule has 2 rings (SSSR count). The van der Waals surface area contributed by atoms with E-state index >= 15 is 0 Å². The van der Waals surface area contributed by atoms with Gasteiger partial charge < -0.3 is 34.8 Å². The van der Waals surface area contributed by atoms with Crippen LogP contribution in [0.3, 0.4) is 0 Å². The molecule has 0 bridgehead atoms. The van der Waals surface area contributed by atoms with Crippen LogP contribution in [0.25, 0.3) is 0 Å². The maximum Gasteiger partial charge on any atom is 0.303 e. The van der Waals surface area contributed by atoms with Crippen LogP contribution >= 0.6 is 0 Å². The quantitative estimate of drug-likeness (QED) is 0.137. The maximum atomic E-state index is 13.2. The first-order valence-corrected chi connectivity index (χ1v) is 14.6. The predicted octanol–water partition coefficient (Wildman–Crippen LogP) is 3.20. The Hall–Kier alpha value is -2.04. The van der Waals surface area contributed by atoms with Gasteiger partial charge in [-0.15, -0.1) is 0 Å². The van der Waals surface area contributed by atoms with Gasteiger partial charge in [-0.1, -0.05) is 43.7 Å². The average molecular weight is 566 g/mol. The smallest absolute Gasteiger partial charge is 0.303 e. The second-order valence-electron chi connectivity index (χ2n) is 11.9. The molecule has 0 spiro atoms. The summed E-state index contributed by atoms with van der Waals surface area (Å²) in [7, 11) is 0. The van der Waals surface area contributed by atoms with Crippen LogP contribution in [0, 0.1) is 5.92 Å². The highest BCUT2D eigenvalue weighted by molar-refractivity contribution is 5.77. The molecule has 0 aromatic rings. The zero-order chi connectivity index (χ0) is 30.3. The normalized spacial score (nSPS) is 34.4. The van der Waals surface area contributed by atoms with E-state index in [9.17, 15) is 30.0 Å². The van der Waals surface area contributed by atoms with Gasteiger partial charge in [0.1, 0.15) is 11.7 Å². The van der Waals surface area contributed by atoms with E-state index in [0.29, 0.717) is 25.8 Å². The first-order valence-electron chi connectivity index (χ1n) is 14.6. The molecule has 2 aliphatic heterocycles. The minimum absolute atomic E-state index is 0.00583. The summed E-state index contributed by atoms with van der Waals surface area (Å²) in [6.07, 6.45) is 8.10. The predicted molar refractivity (Wildman–Crippen MR) is 153 cm³/mol. The molecule has 0 aromatic heterocycles. The fraction of sp³-hybridized carbons (Fsp3) is 0.742. The summed E-state index contributed by atoms with van der Waals surface area (Å²) < 4.78 is 11.1. The van der Waals surface area contributed by atoms with Gasteiger partial charge in [-0.2, -0.15) is 0 Å². The van der Waals surface area contributed by atoms with Crippen molar-refractivity contribution in [3.8, 4) is 0 Å². The average Bonchev–Trinajstić information content (AvgIpc) is 3.62. The molecule has 2 aliphatic rings. The zero-order valence-corrected chi connectivity index (χ0v) is 25.2. The second kappa shape index (κ2) is 14.7. The van der Waals surface area contributed by atoms with Crippen molar-refractivity contribution in [1.29, 1.82) is 0 Å². The summed E-state index contributed by atoms with van der Waals surface area (Å²) in [5, 5.41) is 42.5. The van der Waals surface area contributed by atoms with Crippen LogP contribution in [0.2, 0.25) is 0 Å². The van der Waals surface area contributed by atoms with Gasteiger partial charge in [0.2, 0.25) is 5.91 Å². The van der Waals surface area contributed by atoms with Gasteiger partial charge in [-0.3, -0.25) is 9.59 Å². The Morgan fingerprint density at radius 1 is 1.35 bits per heavy atom. The van der Waals surface area contributed by atoms with Crippen molar-refractivity contribution in [2.75, 3.05) is 6.54 Å². The number of ether oxygens (including phenoxy) is 2. The highest BCUT2D eigenvalue weighted by Crippen LogP contribution is 2.37. The van der Waals surface area contributed by atoms with Crippen molar-refractivity contribution >= 4 is 11.9 Å². The number of carbonyl (C=O) groups is 2. The molecule has 228 valence electrons. The zero-order valence-electron chi connectivity index (χ0n) is 25.2. The number of aliphatic hydroxyl groups is 4. The molecular formula is C31H51NO8. The number of rotatable bonds is 10. The standard InChI is InChI=1S/C31H51NO8/c1-8-25(35)21(4)29-26(40-29)19-30(6,37)16-11-12-20(3)24-13-10-14-27(39-22(5)33)31(7,38)17-15-23(34)18-28(36)32(24)9-2/h10-12,14,16,21,23-27,29,34-35,37-38H,8-9,13,15,17-19H2,1-7H3/b14-10+,16-11+,20-12+. The third-order valence-corrected chi connectivity index (χ3v) is 8.13. The number of aliphatic hydroxyl groups excluding tert-OH is 2. The lowest BCUT2D eigenvalue weighted by Gasteiger charge is -2.34. The van der Waals surface area contributed by atoms with Crippen molar-refractivity contribution in [2.24, 2.45) is 5.92 Å². The van der Waals surface area contributed by atoms with Gasteiger partial charge in [0.15, 0.2) is 0 Å². The number of allylic oxidation sites excluding steroid dienone is 2. The monoisotopic (exact) mass is 565 g/mol. The maximum absolute atomic E-state index is 13.2. The van der Waals surface area contributed by atoms with Crippen molar-refractivity contribution in [2.45, 2.75) is 135 Å². The minimum atomic E-state index is -1.40. The number of nitrogens with zero attached hydrogens (tertiary/aromatic N) is 1. The van der Waals surface area contributed by atoms with Crippen molar-refractivity contribution < 1.29 is 39.5 Å². The highest BCUT2D eigenvalue weighted by atomic mass is 16.6. The molecule has 0 saturated carbocycles. The third kappa shape index (κ3) is 10.1. The molecule has 0 aromatic carbocycles. The molecule has 9 atom stereocenters. The Bertz CT molecular complexity index is 940. The number of epoxide rings is 1.